The summed E-state index contributed by atoms with van der Waals surface area (Å²) in [5.74, 6) is 2.64. The Kier molecular flexibility index (Phi) is 31.8. The molecule has 0 aliphatic carbocycles. The maximum Gasteiger partial charge on any atom is 0.328 e. The van der Waals surface area contributed by atoms with Gasteiger partial charge in [-0.2, -0.15) is 0 Å². The topological polar surface area (TPSA) is 222 Å². The molecule has 0 saturated heterocycles. The smallest absolute Gasteiger partial charge is 0.328 e. The summed E-state index contributed by atoms with van der Waals surface area (Å²) < 4.78 is 51.4. The Morgan fingerprint density at radius 3 is 1.24 bits per heavy atom. The van der Waals surface area contributed by atoms with Gasteiger partial charge in [-0.15, -0.1) is 0 Å². The van der Waals surface area contributed by atoms with Crippen molar-refractivity contribution in [1.29, 1.82) is 0 Å². The maximum atomic E-state index is 8.77. The van der Waals surface area contributed by atoms with Crippen LogP contribution in [0.1, 0.15) is 136 Å². The van der Waals surface area contributed by atoms with Crippen molar-refractivity contribution in [3.8, 4) is 17.2 Å². The van der Waals surface area contributed by atoms with Gasteiger partial charge in [0.05, 0.1) is 56.9 Å². The molecule has 7 aromatic carbocycles. The second kappa shape index (κ2) is 39.5. The molecule has 0 amide bonds. The summed E-state index contributed by atoms with van der Waals surface area (Å²) in [5, 5.41) is 26.2. The number of aryl methyl sites for hydroxylation is 1. The van der Waals surface area contributed by atoms with Crippen LogP contribution < -0.4 is 69.7 Å². The molecule has 7 aliphatic rings. The summed E-state index contributed by atoms with van der Waals surface area (Å²) in [7, 11) is 0. The van der Waals surface area contributed by atoms with Crippen molar-refractivity contribution < 1.29 is 57.5 Å². The van der Waals surface area contributed by atoms with Gasteiger partial charge < -0.3 is 74.7 Å². The summed E-state index contributed by atoms with van der Waals surface area (Å²) in [6.07, 6.45) is 8.55. The van der Waals surface area contributed by atoms with Crippen LogP contribution >= 0.6 is 0 Å². The first-order valence-electron chi connectivity index (χ1n) is 35.1. The highest BCUT2D eigenvalue weighted by Gasteiger charge is 2.36. The second-order valence-corrected chi connectivity index (χ2v) is 25.4. The van der Waals surface area contributed by atoms with E-state index in [-0.39, 0.29) is 87.1 Å². The standard InChI is InChI=1S/C13H19BO3.C12H18BNO3.C11H15BO3.2C10H13BO.C9H12BNO.C9H12BN.CH4/c1-3-11-10-6-4-7-12(16-9-5-8-15)13(10)14(2)17-11;1-13-12-9(11(8-14)17-13)4-2-5-10(12)16-7-3-6-15;1-12-11-9(8-15-12)4-2-5-10(11)14-7-3-6-13;2*1-3-10-8-6-4-5-7-9(8)11(2)12-10;1-10-8-5-3-2-4-7(8)9(6-11)12-10;1-10-5-4-7-2-3-8(11)6-9(7)10;/h4,6-7,11,15H,3,5,8-9H2,1-2H3;2,4-5,11,15H,3,6-8,14H2,1H3;2,4-5,13H,3,6-8H2,1H3;2*4-7,10H,3H2,1-2H3;2-5,9H,6,11H2,1H3;2-3,6H,4-5,11H2,1H3;1H4/t11-;;;2*10-;;;/m1..10.../s1. The maximum absolute atomic E-state index is 8.77. The van der Waals surface area contributed by atoms with Gasteiger partial charge in [0.1, 0.15) is 17.2 Å². The summed E-state index contributed by atoms with van der Waals surface area (Å²) in [6.45, 7) is 26.7. The lowest BCUT2D eigenvalue weighted by Gasteiger charge is -2.11. The first-order chi connectivity index (χ1) is 46.6. The Morgan fingerprint density at radius 1 is 0.412 bits per heavy atom. The zero-order chi connectivity index (χ0) is 68.7. The van der Waals surface area contributed by atoms with Crippen LogP contribution in [0, 0.1) is 0 Å². The SMILES string of the molecule is C.CB1CCc2ccc(N)cc21.CB1OC(CN)c2cccc(OCCCO)c21.CB1OC(CN)c2ccccc21.CB1OCc2cccc(OCCCO)c21.CC[C@@H]1OB(C)c2ccccc21.CC[C@H]1OB(C)c2c(OCCCO)cccc21.CC[C@H]1OB(C)c2ccccc21. The summed E-state index contributed by atoms with van der Waals surface area (Å²) in [4.78, 5) is 0. The van der Waals surface area contributed by atoms with E-state index >= 15 is 0 Å². The highest BCUT2D eigenvalue weighted by molar-refractivity contribution is 6.74. The third-order valence-corrected chi connectivity index (χ3v) is 18.7. The fourth-order valence-electron chi connectivity index (χ4n) is 13.8. The van der Waals surface area contributed by atoms with Crippen molar-refractivity contribution in [2.24, 2.45) is 11.5 Å². The molecular weight excluding hydrogens is 1210 g/mol. The average Bonchev–Trinajstić information content (AvgIpc) is 1.71. The number of anilines is 1. The van der Waals surface area contributed by atoms with Crippen LogP contribution in [-0.2, 0) is 41.0 Å². The predicted octanol–water partition coefficient (Wildman–Crippen LogP) is 9.20. The molecular formula is C75H106B7N3O12. The minimum atomic E-state index is -0.0265. The molecule has 9 N–H and O–H groups in total. The van der Waals surface area contributed by atoms with Crippen LogP contribution in [0.15, 0.2) is 146 Å². The van der Waals surface area contributed by atoms with Crippen LogP contribution in [0.3, 0.4) is 0 Å². The first-order valence-corrected chi connectivity index (χ1v) is 35.1. The molecule has 97 heavy (non-hydrogen) atoms. The number of ether oxygens (including phenoxy) is 3. The van der Waals surface area contributed by atoms with Crippen molar-refractivity contribution in [3.63, 3.8) is 0 Å². The van der Waals surface area contributed by atoms with Crippen molar-refractivity contribution in [1.82, 2.24) is 0 Å². The zero-order valence-electron chi connectivity index (χ0n) is 58.6. The van der Waals surface area contributed by atoms with Crippen molar-refractivity contribution >= 4 is 92.1 Å². The highest BCUT2D eigenvalue weighted by atomic mass is 16.5. The van der Waals surface area contributed by atoms with Gasteiger partial charge in [0.25, 0.3) is 0 Å². The Hall–Kier alpha value is -6.25. The molecule has 0 fully saturated rings. The molecule has 0 saturated carbocycles. The van der Waals surface area contributed by atoms with Gasteiger partial charge in [-0.25, -0.2) is 0 Å². The highest BCUT2D eigenvalue weighted by Crippen LogP contribution is 2.32. The molecule has 7 aromatic rings. The number of nitrogen functional groups attached to an aromatic ring is 1. The van der Waals surface area contributed by atoms with E-state index in [1.165, 1.54) is 73.4 Å². The molecule has 0 spiro atoms. The molecule has 7 heterocycles. The number of hydrogen-bond donors (Lipinski definition) is 6. The van der Waals surface area contributed by atoms with E-state index in [9.17, 15) is 0 Å². The minimum Gasteiger partial charge on any atom is -0.494 e. The van der Waals surface area contributed by atoms with E-state index in [2.05, 4.69) is 140 Å². The van der Waals surface area contributed by atoms with E-state index in [1.54, 1.807) is 0 Å². The number of nitrogens with two attached hydrogens (primary N) is 3. The fraction of sp³-hybridized carbons (Fsp3) is 0.440. The monoisotopic (exact) mass is 1320 g/mol. The quantitative estimate of drug-likeness (QED) is 0.0284. The normalized spacial score (nSPS) is 18.2. The Balaban J connectivity index is 0.000000160. The lowest BCUT2D eigenvalue weighted by Crippen LogP contribution is -2.26. The number of benzene rings is 7. The van der Waals surface area contributed by atoms with Crippen molar-refractivity contribution in [3.05, 3.63) is 185 Å². The zero-order valence-corrected chi connectivity index (χ0v) is 58.6. The van der Waals surface area contributed by atoms with E-state index in [1.807, 2.05) is 74.3 Å². The molecule has 14 rings (SSSR count). The van der Waals surface area contributed by atoms with Crippen molar-refractivity contribution in [2.45, 2.75) is 164 Å². The molecule has 15 nitrogen and oxygen atoms in total. The Bertz CT molecular complexity index is 3310. The van der Waals surface area contributed by atoms with Gasteiger partial charge in [0.15, 0.2) is 6.71 Å². The van der Waals surface area contributed by atoms with E-state index in [4.69, 9.17) is 74.7 Å². The number of rotatable bonds is 17. The van der Waals surface area contributed by atoms with Gasteiger partial charge in [-0.1, -0.05) is 209 Å². The number of aliphatic hydroxyl groups excluding tert-OH is 3. The molecule has 7 aliphatic heterocycles. The molecule has 0 aromatic heterocycles. The van der Waals surface area contributed by atoms with Gasteiger partial charge in [-0.05, 0) is 122 Å². The summed E-state index contributed by atoms with van der Waals surface area (Å²) in [5.41, 5.74) is 35.9. The van der Waals surface area contributed by atoms with Gasteiger partial charge in [0.2, 0.25) is 0 Å². The Labute approximate surface area is 582 Å². The molecule has 0 radical (unpaired) electrons. The predicted molar refractivity (Wildman–Crippen MR) is 408 cm³/mol. The number of aliphatic hydroxyl groups is 3. The second-order valence-electron chi connectivity index (χ2n) is 25.4. The fourth-order valence-corrected chi connectivity index (χ4v) is 13.8. The average molecular weight is 1320 g/mol. The Morgan fingerprint density at radius 2 is 0.784 bits per heavy atom. The number of fused-ring (bicyclic) bond motifs is 7. The van der Waals surface area contributed by atoms with Crippen LogP contribution in [0.25, 0.3) is 0 Å². The molecule has 514 valence electrons. The molecule has 2 unspecified atom stereocenters. The first kappa shape index (κ1) is 78.1. The summed E-state index contributed by atoms with van der Waals surface area (Å²) >= 11 is 0. The molecule has 0 bridgehead atoms. The van der Waals surface area contributed by atoms with Crippen molar-refractivity contribution in [2.75, 3.05) is 58.5 Å². The summed E-state index contributed by atoms with van der Waals surface area (Å²) in [6, 6.07) is 49.6. The van der Waals surface area contributed by atoms with Gasteiger partial charge in [0, 0.05) is 57.9 Å². The third kappa shape index (κ3) is 20.2. The lowest BCUT2D eigenvalue weighted by atomic mass is 9.48. The van der Waals surface area contributed by atoms with Crippen LogP contribution in [-0.4, -0.2) is 116 Å². The minimum absolute atomic E-state index is 0. The van der Waals surface area contributed by atoms with Gasteiger partial charge in [-0.3, -0.25) is 0 Å². The number of hydrogen-bond acceptors (Lipinski definition) is 15. The van der Waals surface area contributed by atoms with E-state index in [0.717, 1.165) is 58.7 Å². The molecule has 5 atom stereocenters. The van der Waals surface area contributed by atoms with E-state index in [0.29, 0.717) is 77.7 Å². The largest absolute Gasteiger partial charge is 0.494 e. The van der Waals surface area contributed by atoms with Gasteiger partial charge >= 0.3 is 41.5 Å². The van der Waals surface area contributed by atoms with Crippen LogP contribution in [0.2, 0.25) is 54.1 Å². The molecule has 22 heteroatoms. The van der Waals surface area contributed by atoms with Crippen LogP contribution in [0.4, 0.5) is 5.69 Å². The lowest BCUT2D eigenvalue weighted by molar-refractivity contribution is 0.221. The third-order valence-electron chi connectivity index (χ3n) is 18.7. The van der Waals surface area contributed by atoms with Crippen LogP contribution in [0.5, 0.6) is 17.2 Å². The van der Waals surface area contributed by atoms with E-state index < -0.39 is 0 Å².